The van der Waals surface area contributed by atoms with Gasteiger partial charge in [-0.25, -0.2) is 4.98 Å². The number of aryl methyl sites for hydroxylation is 1. The molecular weight excluding hydrogens is 214 g/mol. The maximum atomic E-state index is 11.8. The molecule has 0 aliphatic heterocycles. The molecule has 0 unspecified atom stereocenters. The Balaban J connectivity index is 1.93. The minimum Gasteiger partial charge on any atom is -0.397 e. The predicted molar refractivity (Wildman–Crippen MR) is 68.6 cm³/mol. The van der Waals surface area contributed by atoms with Crippen LogP contribution in [0.3, 0.4) is 0 Å². The van der Waals surface area contributed by atoms with Gasteiger partial charge in [0, 0.05) is 6.42 Å². The van der Waals surface area contributed by atoms with Crippen LogP contribution in [-0.4, -0.2) is 10.9 Å². The third-order valence-electron chi connectivity index (χ3n) is 3.31. The van der Waals surface area contributed by atoms with Crippen molar-refractivity contribution in [3.8, 4) is 0 Å². The second-order valence-electron chi connectivity index (χ2n) is 4.84. The first-order valence-electron chi connectivity index (χ1n) is 6.17. The number of nitrogens with two attached hydrogens (primary N) is 1. The topological polar surface area (TPSA) is 68.0 Å². The van der Waals surface area contributed by atoms with Gasteiger partial charge in [-0.1, -0.05) is 12.8 Å². The van der Waals surface area contributed by atoms with E-state index in [-0.39, 0.29) is 5.91 Å². The van der Waals surface area contributed by atoms with Gasteiger partial charge in [0.05, 0.1) is 11.9 Å². The van der Waals surface area contributed by atoms with Crippen molar-refractivity contribution >= 4 is 17.4 Å². The molecular formula is C13H19N3O. The maximum Gasteiger partial charge on any atom is 0.225 e. The average molecular weight is 233 g/mol. The lowest BCUT2D eigenvalue weighted by Gasteiger charge is -2.10. The first-order valence-corrected chi connectivity index (χ1v) is 6.17. The Morgan fingerprint density at radius 3 is 2.88 bits per heavy atom. The van der Waals surface area contributed by atoms with Crippen molar-refractivity contribution in [2.45, 2.75) is 39.0 Å². The molecule has 1 saturated carbocycles. The predicted octanol–water partition coefficient (Wildman–Crippen LogP) is 2.49. The summed E-state index contributed by atoms with van der Waals surface area (Å²) in [5, 5.41) is 2.86. The zero-order valence-corrected chi connectivity index (χ0v) is 10.2. The first kappa shape index (κ1) is 11.9. The van der Waals surface area contributed by atoms with E-state index in [1.807, 2.05) is 13.0 Å². The van der Waals surface area contributed by atoms with Crippen LogP contribution in [0.15, 0.2) is 12.3 Å². The molecule has 17 heavy (non-hydrogen) atoms. The van der Waals surface area contributed by atoms with Crippen LogP contribution in [0, 0.1) is 12.8 Å². The van der Waals surface area contributed by atoms with E-state index in [1.54, 1.807) is 6.20 Å². The molecule has 3 N–H and O–H groups in total. The van der Waals surface area contributed by atoms with Gasteiger partial charge >= 0.3 is 0 Å². The van der Waals surface area contributed by atoms with E-state index in [0.29, 0.717) is 23.8 Å². The molecule has 1 aliphatic rings. The molecule has 2 rings (SSSR count). The van der Waals surface area contributed by atoms with Gasteiger partial charge in [0.25, 0.3) is 0 Å². The molecule has 0 bridgehead atoms. The van der Waals surface area contributed by atoms with Gasteiger partial charge in [0.2, 0.25) is 5.91 Å². The van der Waals surface area contributed by atoms with Crippen LogP contribution in [0.1, 0.15) is 37.7 Å². The molecule has 1 aromatic heterocycles. The number of carbonyl (C=O) groups is 1. The number of amides is 1. The van der Waals surface area contributed by atoms with Crippen LogP contribution in [0.5, 0.6) is 0 Å². The number of rotatable bonds is 3. The summed E-state index contributed by atoms with van der Waals surface area (Å²) in [6.07, 6.45) is 7.07. The van der Waals surface area contributed by atoms with Crippen LogP contribution in [-0.2, 0) is 4.79 Å². The van der Waals surface area contributed by atoms with E-state index >= 15 is 0 Å². The van der Waals surface area contributed by atoms with Crippen molar-refractivity contribution in [3.05, 3.63) is 17.8 Å². The summed E-state index contributed by atoms with van der Waals surface area (Å²) in [5.41, 5.74) is 7.14. The molecule has 4 heteroatoms. The number of hydrogen-bond acceptors (Lipinski definition) is 3. The molecule has 0 saturated heterocycles. The van der Waals surface area contributed by atoms with Crippen LogP contribution >= 0.6 is 0 Å². The number of anilines is 2. The average Bonchev–Trinajstić information content (AvgIpc) is 2.75. The zero-order chi connectivity index (χ0) is 12.3. The van der Waals surface area contributed by atoms with Crippen LogP contribution in [0.25, 0.3) is 0 Å². The van der Waals surface area contributed by atoms with Crippen molar-refractivity contribution in [1.29, 1.82) is 0 Å². The quantitative estimate of drug-likeness (QED) is 0.842. The Labute approximate surface area is 102 Å². The highest BCUT2D eigenvalue weighted by atomic mass is 16.1. The first-order chi connectivity index (χ1) is 8.15. The SMILES string of the molecule is Cc1cc(N)cnc1NC(=O)CC1CCCC1. The molecule has 1 aromatic rings. The smallest absolute Gasteiger partial charge is 0.225 e. The summed E-state index contributed by atoms with van der Waals surface area (Å²) in [7, 11) is 0. The van der Waals surface area contributed by atoms with E-state index in [2.05, 4.69) is 10.3 Å². The fourth-order valence-electron chi connectivity index (χ4n) is 2.39. The molecule has 4 nitrogen and oxygen atoms in total. The largest absolute Gasteiger partial charge is 0.397 e. The normalized spacial score (nSPS) is 16.1. The number of nitrogens with one attached hydrogen (secondary N) is 1. The number of carbonyl (C=O) groups excluding carboxylic acids is 1. The highest BCUT2D eigenvalue weighted by molar-refractivity contribution is 5.90. The molecule has 1 amide bonds. The van der Waals surface area contributed by atoms with E-state index < -0.39 is 0 Å². The number of nitrogen functional groups attached to an aromatic ring is 1. The molecule has 0 spiro atoms. The van der Waals surface area contributed by atoms with E-state index in [0.717, 1.165) is 5.56 Å². The standard InChI is InChI=1S/C13H19N3O/c1-9-6-11(14)8-15-13(9)16-12(17)7-10-4-2-3-5-10/h6,8,10H,2-5,7,14H2,1H3,(H,15,16,17). The Hall–Kier alpha value is -1.58. The summed E-state index contributed by atoms with van der Waals surface area (Å²) < 4.78 is 0. The lowest BCUT2D eigenvalue weighted by atomic mass is 10.0. The van der Waals surface area contributed by atoms with E-state index in [1.165, 1.54) is 25.7 Å². The lowest BCUT2D eigenvalue weighted by molar-refractivity contribution is -0.117. The molecule has 1 aliphatic carbocycles. The van der Waals surface area contributed by atoms with E-state index in [9.17, 15) is 4.79 Å². The Kier molecular flexibility index (Phi) is 3.61. The third-order valence-corrected chi connectivity index (χ3v) is 3.31. The Morgan fingerprint density at radius 1 is 1.53 bits per heavy atom. The van der Waals surface area contributed by atoms with Crippen LogP contribution < -0.4 is 11.1 Å². The maximum absolute atomic E-state index is 11.8. The highest BCUT2D eigenvalue weighted by Crippen LogP contribution is 2.27. The monoisotopic (exact) mass is 233 g/mol. The van der Waals surface area contributed by atoms with Gasteiger partial charge in [-0.15, -0.1) is 0 Å². The summed E-state index contributed by atoms with van der Waals surface area (Å²) in [5.74, 6) is 1.25. The number of hydrogen-bond donors (Lipinski definition) is 2. The molecule has 0 atom stereocenters. The molecule has 0 radical (unpaired) electrons. The van der Waals surface area contributed by atoms with Crippen molar-refractivity contribution in [1.82, 2.24) is 4.98 Å². The van der Waals surface area contributed by atoms with Crippen LogP contribution in [0.4, 0.5) is 11.5 Å². The second kappa shape index (κ2) is 5.17. The van der Waals surface area contributed by atoms with Crippen LogP contribution in [0.2, 0.25) is 0 Å². The van der Waals surface area contributed by atoms with Gasteiger partial charge in [0.1, 0.15) is 5.82 Å². The van der Waals surface area contributed by atoms with Crippen molar-refractivity contribution in [2.75, 3.05) is 11.1 Å². The molecule has 0 aromatic carbocycles. The zero-order valence-electron chi connectivity index (χ0n) is 10.2. The summed E-state index contributed by atoms with van der Waals surface area (Å²) in [6.45, 7) is 1.90. The van der Waals surface area contributed by atoms with Gasteiger partial charge in [-0.2, -0.15) is 0 Å². The van der Waals surface area contributed by atoms with Crippen molar-refractivity contribution in [2.24, 2.45) is 5.92 Å². The van der Waals surface area contributed by atoms with Gasteiger partial charge in [-0.3, -0.25) is 4.79 Å². The minimum absolute atomic E-state index is 0.0669. The number of aromatic nitrogens is 1. The van der Waals surface area contributed by atoms with E-state index in [4.69, 9.17) is 5.73 Å². The summed E-state index contributed by atoms with van der Waals surface area (Å²) in [4.78, 5) is 16.0. The highest BCUT2D eigenvalue weighted by Gasteiger charge is 2.18. The van der Waals surface area contributed by atoms with Gasteiger partial charge in [-0.05, 0) is 37.3 Å². The third kappa shape index (κ3) is 3.19. The number of nitrogens with zero attached hydrogens (tertiary/aromatic N) is 1. The van der Waals surface area contributed by atoms with Gasteiger partial charge < -0.3 is 11.1 Å². The number of pyridine rings is 1. The summed E-state index contributed by atoms with van der Waals surface area (Å²) >= 11 is 0. The Bertz CT molecular complexity index is 411. The Morgan fingerprint density at radius 2 is 2.24 bits per heavy atom. The fourth-order valence-corrected chi connectivity index (χ4v) is 2.39. The second-order valence-corrected chi connectivity index (χ2v) is 4.84. The molecule has 1 heterocycles. The van der Waals surface area contributed by atoms with Crippen molar-refractivity contribution in [3.63, 3.8) is 0 Å². The van der Waals surface area contributed by atoms with Gasteiger partial charge in [0.15, 0.2) is 0 Å². The fraction of sp³-hybridized carbons (Fsp3) is 0.538. The van der Waals surface area contributed by atoms with Crippen molar-refractivity contribution < 1.29 is 4.79 Å². The molecule has 1 fully saturated rings. The minimum atomic E-state index is 0.0669. The summed E-state index contributed by atoms with van der Waals surface area (Å²) in [6, 6.07) is 1.82. The molecule has 92 valence electrons. The lowest BCUT2D eigenvalue weighted by Crippen LogP contribution is -2.16.